The van der Waals surface area contributed by atoms with Crippen molar-refractivity contribution in [3.05, 3.63) is 70.8 Å². The molecule has 1 aliphatic carbocycles. The van der Waals surface area contributed by atoms with Gasteiger partial charge in [-0.3, -0.25) is 0 Å². The minimum absolute atomic E-state index is 0.191. The summed E-state index contributed by atoms with van der Waals surface area (Å²) in [4.78, 5) is 0. The summed E-state index contributed by atoms with van der Waals surface area (Å²) in [7, 11) is 0. The van der Waals surface area contributed by atoms with E-state index in [4.69, 9.17) is 0 Å². The molecule has 0 radical (unpaired) electrons. The van der Waals surface area contributed by atoms with Crippen LogP contribution in [0.15, 0.2) is 48.5 Å². The van der Waals surface area contributed by atoms with Crippen molar-refractivity contribution in [1.82, 2.24) is 5.32 Å². The van der Waals surface area contributed by atoms with Crippen LogP contribution >= 0.6 is 0 Å². The van der Waals surface area contributed by atoms with Crippen LogP contribution in [0.1, 0.15) is 43.0 Å². The van der Waals surface area contributed by atoms with Gasteiger partial charge < -0.3 is 5.32 Å². The summed E-state index contributed by atoms with van der Waals surface area (Å²) in [6.45, 7) is 6.33. The molecule has 150 valence electrons. The number of nitrogens with one attached hydrogen (secondary N) is 1. The van der Waals surface area contributed by atoms with Gasteiger partial charge in [-0.25, -0.2) is 4.39 Å². The van der Waals surface area contributed by atoms with Crippen LogP contribution in [0.2, 0.25) is 0 Å². The van der Waals surface area contributed by atoms with Crippen molar-refractivity contribution in [2.24, 2.45) is 5.92 Å². The molecule has 2 aliphatic rings. The maximum Gasteiger partial charge on any atom is 0.426 e. The lowest BCUT2D eigenvalue weighted by molar-refractivity contribution is -0.228. The predicted octanol–water partition coefficient (Wildman–Crippen LogP) is 5.42. The van der Waals surface area contributed by atoms with Crippen LogP contribution in [0.4, 0.5) is 17.6 Å². The topological polar surface area (TPSA) is 12.0 Å². The molecule has 0 saturated carbocycles. The van der Waals surface area contributed by atoms with Gasteiger partial charge in [-0.15, -0.1) is 0 Å². The number of halogens is 4. The molecular formula is C23H25F4N. The van der Waals surface area contributed by atoms with E-state index < -0.39 is 11.8 Å². The van der Waals surface area contributed by atoms with Gasteiger partial charge in [0.2, 0.25) is 5.67 Å². The second-order valence-electron chi connectivity index (χ2n) is 8.98. The fourth-order valence-corrected chi connectivity index (χ4v) is 5.38. The van der Waals surface area contributed by atoms with Crippen molar-refractivity contribution >= 4 is 0 Å². The number of alkyl halides is 4. The summed E-state index contributed by atoms with van der Waals surface area (Å²) >= 11 is 0. The average Bonchev–Trinajstić information content (AvgIpc) is 3.12. The summed E-state index contributed by atoms with van der Waals surface area (Å²) in [5.74, 6) is 0.238. The summed E-state index contributed by atoms with van der Waals surface area (Å²) < 4.78 is 54.5. The molecule has 0 spiro atoms. The van der Waals surface area contributed by atoms with Crippen LogP contribution in [0.3, 0.4) is 0 Å². The van der Waals surface area contributed by atoms with Crippen molar-refractivity contribution in [2.45, 2.75) is 49.9 Å². The zero-order chi connectivity index (χ0) is 20.4. The van der Waals surface area contributed by atoms with Gasteiger partial charge in [-0.1, -0.05) is 62.4 Å². The highest BCUT2D eigenvalue weighted by molar-refractivity contribution is 5.52. The van der Waals surface area contributed by atoms with Gasteiger partial charge in [-0.05, 0) is 53.5 Å². The zero-order valence-electron chi connectivity index (χ0n) is 16.3. The van der Waals surface area contributed by atoms with Gasteiger partial charge in [-0.2, -0.15) is 13.2 Å². The SMILES string of the molecule is CC1(C)c2cc(C(C)(F)C(F)(F)F)ccc2C2(Cc3ccccc3)CNCC12. The van der Waals surface area contributed by atoms with Gasteiger partial charge in [0.15, 0.2) is 0 Å². The van der Waals surface area contributed by atoms with Crippen LogP contribution in [0.25, 0.3) is 0 Å². The Bertz CT molecular complexity index is 885. The Morgan fingerprint density at radius 3 is 2.32 bits per heavy atom. The van der Waals surface area contributed by atoms with Gasteiger partial charge in [0.05, 0.1) is 0 Å². The molecule has 2 aromatic rings. The van der Waals surface area contributed by atoms with Gasteiger partial charge in [0, 0.05) is 12.0 Å². The number of hydrogen-bond donors (Lipinski definition) is 1. The standard InChI is InChI=1S/C23H25F4N/c1-20(2)18-11-16(21(3,24)23(25,26)27)9-10-17(18)22(14-28-13-19(20)22)12-15-7-5-4-6-8-15/h4-11,19,28H,12-14H2,1-3H3. The second kappa shape index (κ2) is 6.06. The van der Waals surface area contributed by atoms with Gasteiger partial charge >= 0.3 is 6.18 Å². The number of benzene rings is 2. The van der Waals surface area contributed by atoms with E-state index in [1.54, 1.807) is 6.07 Å². The first-order valence-corrected chi connectivity index (χ1v) is 9.66. The van der Waals surface area contributed by atoms with Crippen LogP contribution < -0.4 is 5.32 Å². The van der Waals surface area contributed by atoms with Crippen molar-refractivity contribution in [3.63, 3.8) is 0 Å². The Balaban J connectivity index is 1.85. The maximum absolute atomic E-state index is 14.6. The third kappa shape index (κ3) is 2.62. The first kappa shape index (κ1) is 19.4. The lowest BCUT2D eigenvalue weighted by Crippen LogP contribution is -2.38. The van der Waals surface area contributed by atoms with Crippen LogP contribution in [-0.4, -0.2) is 19.3 Å². The minimum Gasteiger partial charge on any atom is -0.315 e. The van der Waals surface area contributed by atoms with E-state index in [-0.39, 0.29) is 22.3 Å². The minimum atomic E-state index is -4.94. The Kier molecular flexibility index (Phi) is 4.20. The van der Waals surface area contributed by atoms with E-state index in [0.29, 0.717) is 6.92 Å². The molecule has 1 N–H and O–H groups in total. The molecule has 1 fully saturated rings. The molecule has 0 aromatic heterocycles. The molecule has 28 heavy (non-hydrogen) atoms. The number of rotatable bonds is 3. The molecule has 0 bridgehead atoms. The molecule has 3 unspecified atom stereocenters. The summed E-state index contributed by atoms with van der Waals surface area (Å²) in [6, 6.07) is 14.7. The highest BCUT2D eigenvalue weighted by atomic mass is 19.4. The van der Waals surface area contributed by atoms with Crippen molar-refractivity contribution < 1.29 is 17.6 Å². The first-order chi connectivity index (χ1) is 13.0. The third-order valence-electron chi connectivity index (χ3n) is 7.01. The monoisotopic (exact) mass is 391 g/mol. The van der Waals surface area contributed by atoms with Crippen molar-refractivity contribution in [1.29, 1.82) is 0 Å². The molecule has 3 atom stereocenters. The Morgan fingerprint density at radius 1 is 1.00 bits per heavy atom. The third-order valence-corrected chi connectivity index (χ3v) is 7.01. The van der Waals surface area contributed by atoms with Gasteiger partial charge in [0.25, 0.3) is 0 Å². The number of hydrogen-bond acceptors (Lipinski definition) is 1. The Morgan fingerprint density at radius 2 is 1.68 bits per heavy atom. The van der Waals surface area contributed by atoms with Crippen molar-refractivity contribution in [2.75, 3.05) is 13.1 Å². The van der Waals surface area contributed by atoms with Crippen LogP contribution in [0.5, 0.6) is 0 Å². The fourth-order valence-electron chi connectivity index (χ4n) is 5.38. The zero-order valence-corrected chi connectivity index (χ0v) is 16.3. The second-order valence-corrected chi connectivity index (χ2v) is 8.98. The smallest absolute Gasteiger partial charge is 0.315 e. The molecule has 1 nitrogen and oxygen atoms in total. The summed E-state index contributed by atoms with van der Waals surface area (Å²) in [5, 5.41) is 3.50. The molecule has 1 aliphatic heterocycles. The van der Waals surface area contributed by atoms with E-state index in [1.165, 1.54) is 17.7 Å². The average molecular weight is 391 g/mol. The normalized spacial score (nSPS) is 27.9. The maximum atomic E-state index is 14.6. The lowest BCUT2D eigenvalue weighted by atomic mass is 9.67. The van der Waals surface area contributed by atoms with E-state index in [9.17, 15) is 17.6 Å². The highest BCUT2D eigenvalue weighted by Gasteiger charge is 2.59. The molecule has 2 aromatic carbocycles. The molecule has 1 saturated heterocycles. The fraction of sp³-hybridized carbons (Fsp3) is 0.478. The molecule has 4 rings (SSSR count). The largest absolute Gasteiger partial charge is 0.426 e. The Hall–Kier alpha value is -1.88. The molecular weight excluding hydrogens is 366 g/mol. The van der Waals surface area contributed by atoms with E-state index in [0.717, 1.165) is 30.6 Å². The quantitative estimate of drug-likeness (QED) is 0.689. The molecule has 5 heteroatoms. The van der Waals surface area contributed by atoms with Gasteiger partial charge in [0.1, 0.15) is 0 Å². The molecule has 1 heterocycles. The van der Waals surface area contributed by atoms with E-state index in [2.05, 4.69) is 31.3 Å². The number of fused-ring (bicyclic) bond motifs is 3. The van der Waals surface area contributed by atoms with Crippen molar-refractivity contribution in [3.8, 4) is 0 Å². The predicted molar refractivity (Wildman–Crippen MR) is 102 cm³/mol. The summed E-state index contributed by atoms with van der Waals surface area (Å²) in [6.07, 6.45) is -4.13. The van der Waals surface area contributed by atoms with Crippen LogP contribution in [0, 0.1) is 5.92 Å². The Labute approximate surface area is 163 Å². The van der Waals surface area contributed by atoms with E-state index in [1.807, 2.05) is 18.2 Å². The summed E-state index contributed by atoms with van der Waals surface area (Å²) in [5.41, 5.74) is -1.10. The first-order valence-electron chi connectivity index (χ1n) is 9.66. The lowest BCUT2D eigenvalue weighted by Gasteiger charge is -2.34. The van der Waals surface area contributed by atoms with Crippen LogP contribution in [-0.2, 0) is 22.9 Å². The molecule has 0 amide bonds. The highest BCUT2D eigenvalue weighted by Crippen LogP contribution is 2.58. The van der Waals surface area contributed by atoms with E-state index >= 15 is 0 Å².